The molecule has 5 rings (SSSR count). The molecule has 4 nitrogen and oxygen atoms in total. The van der Waals surface area contributed by atoms with Gasteiger partial charge in [-0.1, -0.05) is 77.8 Å². The van der Waals surface area contributed by atoms with E-state index in [-0.39, 0.29) is 17.4 Å². The summed E-state index contributed by atoms with van der Waals surface area (Å²) in [5, 5.41) is 21.5. The van der Waals surface area contributed by atoms with Crippen molar-refractivity contribution in [3.63, 3.8) is 0 Å². The predicted molar refractivity (Wildman–Crippen MR) is 137 cm³/mol. The number of carbonyl (C=O) groups excluding carboxylic acids is 1. The average Bonchev–Trinajstić information content (AvgIpc) is 2.84. The zero-order valence-electron chi connectivity index (χ0n) is 18.9. The molecule has 0 bridgehead atoms. The smallest absolute Gasteiger partial charge is 0.161 e. The second-order valence-corrected chi connectivity index (χ2v) is 9.21. The lowest BCUT2D eigenvalue weighted by Gasteiger charge is -2.41. The van der Waals surface area contributed by atoms with E-state index in [1.54, 1.807) is 17.0 Å². The standard InChI is InChI=1S/C29H25ClN2O2/c1-18-13-15-20(16-14-18)28(34)27-25(19-7-3-2-4-8-19)26-23(11-6-12-24(26)33)32(29(27)31)22-10-5-9-21(30)17-22/h2-5,7-10,13-17,25,31,34H,6,11-12H2,1H3/t25-/m1/s1. The van der Waals surface area contributed by atoms with Crippen LogP contribution in [0.25, 0.3) is 5.76 Å². The Morgan fingerprint density at radius 3 is 2.44 bits per heavy atom. The number of benzene rings is 3. The minimum absolute atomic E-state index is 0.0100. The molecule has 3 aromatic rings. The highest BCUT2D eigenvalue weighted by Crippen LogP contribution is 2.48. The van der Waals surface area contributed by atoms with Crippen molar-refractivity contribution in [2.24, 2.45) is 0 Å². The van der Waals surface area contributed by atoms with E-state index in [4.69, 9.17) is 11.6 Å². The Morgan fingerprint density at radius 1 is 1.00 bits per heavy atom. The molecule has 0 fully saturated rings. The molecule has 0 saturated carbocycles. The lowest BCUT2D eigenvalue weighted by atomic mass is 9.73. The van der Waals surface area contributed by atoms with Crippen molar-refractivity contribution in [1.82, 2.24) is 0 Å². The number of nitrogens with one attached hydrogen (secondary N) is 1. The van der Waals surface area contributed by atoms with Crippen LogP contribution in [-0.4, -0.2) is 16.7 Å². The summed E-state index contributed by atoms with van der Waals surface area (Å²) in [4.78, 5) is 15.2. The molecule has 0 aromatic heterocycles. The van der Waals surface area contributed by atoms with E-state index < -0.39 is 5.92 Å². The monoisotopic (exact) mass is 468 g/mol. The second kappa shape index (κ2) is 8.96. The molecule has 2 aliphatic rings. The van der Waals surface area contributed by atoms with E-state index in [0.29, 0.717) is 40.3 Å². The summed E-state index contributed by atoms with van der Waals surface area (Å²) < 4.78 is 0. The van der Waals surface area contributed by atoms with E-state index >= 15 is 0 Å². The fraction of sp³-hybridized carbons (Fsp3) is 0.172. The van der Waals surface area contributed by atoms with Crippen LogP contribution in [0.4, 0.5) is 5.69 Å². The maximum atomic E-state index is 13.4. The van der Waals surface area contributed by atoms with Crippen LogP contribution in [0, 0.1) is 12.3 Å². The number of ketones is 1. The minimum Gasteiger partial charge on any atom is -0.507 e. The maximum Gasteiger partial charge on any atom is 0.161 e. The minimum atomic E-state index is -0.520. The first-order valence-corrected chi connectivity index (χ1v) is 11.8. The summed E-state index contributed by atoms with van der Waals surface area (Å²) in [6.45, 7) is 1.99. The number of nitrogens with zero attached hydrogens (tertiary/aromatic N) is 1. The topological polar surface area (TPSA) is 64.4 Å². The summed E-state index contributed by atoms with van der Waals surface area (Å²) in [7, 11) is 0. The van der Waals surface area contributed by atoms with Crippen LogP contribution in [0.1, 0.15) is 41.9 Å². The van der Waals surface area contributed by atoms with E-state index in [9.17, 15) is 15.3 Å². The van der Waals surface area contributed by atoms with Crippen LogP contribution in [0.15, 0.2) is 95.7 Å². The van der Waals surface area contributed by atoms with Gasteiger partial charge in [-0.3, -0.25) is 15.1 Å². The van der Waals surface area contributed by atoms with Gasteiger partial charge in [0.1, 0.15) is 11.6 Å². The molecule has 1 heterocycles. The summed E-state index contributed by atoms with van der Waals surface area (Å²) in [5.41, 5.74) is 5.18. The number of rotatable bonds is 3. The third-order valence-electron chi connectivity index (χ3n) is 6.53. The first-order valence-electron chi connectivity index (χ1n) is 11.4. The number of halogens is 1. The fourth-order valence-corrected chi connectivity index (χ4v) is 5.12. The van der Waals surface area contributed by atoms with Crippen molar-refractivity contribution in [1.29, 1.82) is 5.41 Å². The summed E-state index contributed by atoms with van der Waals surface area (Å²) in [6, 6.07) is 24.6. The number of aryl methyl sites for hydroxylation is 1. The van der Waals surface area contributed by atoms with Crippen molar-refractivity contribution in [3.8, 4) is 0 Å². The third-order valence-corrected chi connectivity index (χ3v) is 6.77. The van der Waals surface area contributed by atoms with Crippen LogP contribution in [0.2, 0.25) is 5.02 Å². The van der Waals surface area contributed by atoms with Gasteiger partial charge in [0, 0.05) is 45.5 Å². The van der Waals surface area contributed by atoms with Crippen LogP contribution >= 0.6 is 11.6 Å². The molecule has 0 unspecified atom stereocenters. The first-order chi connectivity index (χ1) is 16.5. The van der Waals surface area contributed by atoms with Crippen molar-refractivity contribution >= 4 is 34.7 Å². The Bertz CT molecular complexity index is 1340. The molecule has 3 aromatic carbocycles. The summed E-state index contributed by atoms with van der Waals surface area (Å²) >= 11 is 6.31. The third kappa shape index (κ3) is 3.84. The zero-order chi connectivity index (χ0) is 23.8. The number of Topliss-reactive ketones (excluding diaryl/α,β-unsaturated/α-hetero) is 1. The molecule has 0 spiro atoms. The van der Waals surface area contributed by atoms with Crippen molar-refractivity contribution in [2.45, 2.75) is 32.1 Å². The van der Waals surface area contributed by atoms with E-state index in [0.717, 1.165) is 23.2 Å². The van der Waals surface area contributed by atoms with Gasteiger partial charge in [0.15, 0.2) is 5.78 Å². The number of allylic oxidation sites excluding steroid dienone is 2. The molecule has 1 atom stereocenters. The van der Waals surface area contributed by atoms with Gasteiger partial charge in [-0.15, -0.1) is 0 Å². The highest BCUT2D eigenvalue weighted by Gasteiger charge is 2.43. The Balaban J connectivity index is 1.82. The van der Waals surface area contributed by atoms with E-state index in [1.165, 1.54) is 0 Å². The van der Waals surface area contributed by atoms with Gasteiger partial charge in [0.25, 0.3) is 0 Å². The second-order valence-electron chi connectivity index (χ2n) is 8.77. The molecule has 5 heteroatoms. The van der Waals surface area contributed by atoms with Gasteiger partial charge in [-0.25, -0.2) is 0 Å². The molecule has 1 aliphatic carbocycles. The van der Waals surface area contributed by atoms with E-state index in [2.05, 4.69) is 0 Å². The number of aliphatic hydroxyl groups excluding tert-OH is 1. The molecule has 0 saturated heterocycles. The molecular weight excluding hydrogens is 444 g/mol. The molecule has 2 N–H and O–H groups in total. The van der Waals surface area contributed by atoms with Gasteiger partial charge >= 0.3 is 0 Å². The Labute approximate surface area is 204 Å². The Morgan fingerprint density at radius 2 is 1.74 bits per heavy atom. The van der Waals surface area contributed by atoms with E-state index in [1.807, 2.05) is 73.7 Å². The van der Waals surface area contributed by atoms with Gasteiger partial charge in [-0.05, 0) is 43.5 Å². The zero-order valence-corrected chi connectivity index (χ0v) is 19.6. The lowest BCUT2D eigenvalue weighted by molar-refractivity contribution is -0.116. The quantitative estimate of drug-likeness (QED) is 0.399. The van der Waals surface area contributed by atoms with Crippen LogP contribution < -0.4 is 4.90 Å². The van der Waals surface area contributed by atoms with Gasteiger partial charge in [0.05, 0.1) is 0 Å². The van der Waals surface area contributed by atoms with Crippen LogP contribution in [0.5, 0.6) is 0 Å². The normalized spacial score (nSPS) is 19.8. The summed E-state index contributed by atoms with van der Waals surface area (Å²) in [5.74, 6) is -0.296. The molecule has 0 radical (unpaired) electrons. The van der Waals surface area contributed by atoms with Crippen LogP contribution in [0.3, 0.4) is 0 Å². The number of carbonyl (C=O) groups is 1. The number of anilines is 1. The largest absolute Gasteiger partial charge is 0.507 e. The highest BCUT2D eigenvalue weighted by molar-refractivity contribution is 6.31. The summed E-state index contributed by atoms with van der Waals surface area (Å²) in [6.07, 6.45) is 1.86. The molecular formula is C29H25ClN2O2. The molecule has 0 amide bonds. The lowest BCUT2D eigenvalue weighted by Crippen LogP contribution is -2.42. The van der Waals surface area contributed by atoms with Crippen molar-refractivity contribution in [2.75, 3.05) is 4.90 Å². The highest BCUT2D eigenvalue weighted by atomic mass is 35.5. The van der Waals surface area contributed by atoms with Crippen LogP contribution in [-0.2, 0) is 4.79 Å². The van der Waals surface area contributed by atoms with Gasteiger partial charge < -0.3 is 5.11 Å². The average molecular weight is 469 g/mol. The maximum absolute atomic E-state index is 13.4. The number of aliphatic hydroxyl groups is 1. The van der Waals surface area contributed by atoms with Crippen molar-refractivity contribution < 1.29 is 9.90 Å². The number of hydrogen-bond donors (Lipinski definition) is 2. The molecule has 34 heavy (non-hydrogen) atoms. The Kier molecular flexibility index (Phi) is 5.84. The predicted octanol–water partition coefficient (Wildman–Crippen LogP) is 7.21. The Hall–Kier alpha value is -3.63. The van der Waals surface area contributed by atoms with Gasteiger partial charge in [0.2, 0.25) is 0 Å². The van der Waals surface area contributed by atoms with Gasteiger partial charge in [-0.2, -0.15) is 0 Å². The SMILES string of the molecule is Cc1ccc(C(O)=C2C(=N)N(c3cccc(Cl)c3)C3=C(C(=O)CCC3)[C@H]2c2ccccc2)cc1. The van der Waals surface area contributed by atoms with Crippen molar-refractivity contribution in [3.05, 3.63) is 117 Å². The fourth-order valence-electron chi connectivity index (χ4n) is 4.94. The number of amidine groups is 1. The number of hydrogen-bond acceptors (Lipinski definition) is 3. The molecule has 1 aliphatic heterocycles. The molecule has 170 valence electrons. The first kappa shape index (κ1) is 22.2.